The van der Waals surface area contributed by atoms with E-state index < -0.39 is 43.3 Å². The zero-order valence-electron chi connectivity index (χ0n) is 14.7. The van der Waals surface area contributed by atoms with Gasteiger partial charge in [0.15, 0.2) is 11.5 Å². The summed E-state index contributed by atoms with van der Waals surface area (Å²) in [7, 11) is 2.69. The molecule has 0 aromatic heterocycles. The van der Waals surface area contributed by atoms with Crippen molar-refractivity contribution in [2.45, 2.75) is 30.7 Å². The number of carboxylic acids is 1. The van der Waals surface area contributed by atoms with Gasteiger partial charge >= 0.3 is 5.97 Å². The van der Waals surface area contributed by atoms with Gasteiger partial charge in [0.2, 0.25) is 12.0 Å². The molecule has 0 bridgehead atoms. The number of hydrogen-bond acceptors (Lipinski definition) is 9. The van der Waals surface area contributed by atoms with Gasteiger partial charge in [-0.15, -0.1) is 0 Å². The van der Waals surface area contributed by atoms with Crippen LogP contribution >= 0.6 is 0 Å². The molecule has 1 aliphatic rings. The van der Waals surface area contributed by atoms with Gasteiger partial charge in [0, 0.05) is 6.08 Å². The Bertz CT molecular complexity index is 661. The molecule has 2 rings (SSSR count). The first-order chi connectivity index (χ1) is 12.8. The first-order valence-corrected chi connectivity index (χ1v) is 7.96. The third kappa shape index (κ3) is 4.67. The summed E-state index contributed by atoms with van der Waals surface area (Å²) < 4.78 is 21.4. The molecule has 0 radical (unpaired) electrons. The van der Waals surface area contributed by atoms with Crippen molar-refractivity contribution in [3.05, 3.63) is 23.8 Å². The van der Waals surface area contributed by atoms with Crippen LogP contribution < -0.4 is 14.2 Å². The average Bonchev–Trinajstić information content (AvgIpc) is 2.66. The van der Waals surface area contributed by atoms with Gasteiger partial charge in [0.05, 0.1) is 20.8 Å². The van der Waals surface area contributed by atoms with Gasteiger partial charge in [0.25, 0.3) is 0 Å². The van der Waals surface area contributed by atoms with Crippen LogP contribution in [0.5, 0.6) is 17.2 Å². The fourth-order valence-corrected chi connectivity index (χ4v) is 2.56. The number of methoxy groups -OCH3 is 2. The second-order valence-corrected chi connectivity index (χ2v) is 5.74. The van der Waals surface area contributed by atoms with Crippen LogP contribution in [0.15, 0.2) is 18.2 Å². The molecule has 1 saturated heterocycles. The Labute approximate surface area is 154 Å². The maximum Gasteiger partial charge on any atom is 0.328 e. The van der Waals surface area contributed by atoms with Crippen molar-refractivity contribution in [2.24, 2.45) is 0 Å². The molecule has 0 spiro atoms. The first kappa shape index (κ1) is 20.9. The molecule has 10 nitrogen and oxygen atoms in total. The largest absolute Gasteiger partial charge is 0.493 e. The van der Waals surface area contributed by atoms with E-state index in [4.69, 9.17) is 24.1 Å². The predicted molar refractivity (Wildman–Crippen MR) is 90.6 cm³/mol. The van der Waals surface area contributed by atoms with Crippen molar-refractivity contribution in [2.75, 3.05) is 20.8 Å². The lowest BCUT2D eigenvalue weighted by Crippen LogP contribution is -2.60. The minimum absolute atomic E-state index is 0.0248. The summed E-state index contributed by atoms with van der Waals surface area (Å²) in [5, 5.41) is 47.8. The molecule has 0 aliphatic carbocycles. The monoisotopic (exact) mass is 386 g/mol. The third-order valence-corrected chi connectivity index (χ3v) is 3.98. The fourth-order valence-electron chi connectivity index (χ4n) is 2.56. The summed E-state index contributed by atoms with van der Waals surface area (Å²) in [5.74, 6) is -0.806. The van der Waals surface area contributed by atoms with Gasteiger partial charge in [-0.05, 0) is 23.8 Å². The van der Waals surface area contributed by atoms with Gasteiger partial charge in [-0.3, -0.25) is 0 Å². The lowest BCUT2D eigenvalue weighted by molar-refractivity contribution is -0.277. The molecular formula is C17H22O10. The van der Waals surface area contributed by atoms with E-state index in [0.29, 0.717) is 5.56 Å². The molecule has 0 unspecified atom stereocenters. The molecule has 10 heteroatoms. The van der Waals surface area contributed by atoms with Crippen molar-refractivity contribution in [3.8, 4) is 17.2 Å². The van der Waals surface area contributed by atoms with E-state index in [1.807, 2.05) is 0 Å². The zero-order chi connectivity index (χ0) is 20.1. The number of hydrogen-bond donors (Lipinski definition) is 5. The van der Waals surface area contributed by atoms with Crippen LogP contribution in [-0.4, -0.2) is 83.0 Å². The van der Waals surface area contributed by atoms with Crippen LogP contribution in [0.25, 0.3) is 6.08 Å². The number of rotatable bonds is 7. The maximum absolute atomic E-state index is 10.7. The van der Waals surface area contributed by atoms with Gasteiger partial charge < -0.3 is 44.5 Å². The zero-order valence-corrected chi connectivity index (χ0v) is 14.7. The van der Waals surface area contributed by atoms with Crippen LogP contribution in [0.2, 0.25) is 0 Å². The summed E-state index contributed by atoms with van der Waals surface area (Å²) in [6, 6.07) is 2.95. The van der Waals surface area contributed by atoms with Gasteiger partial charge in [0.1, 0.15) is 24.4 Å². The predicted octanol–water partition coefficient (Wildman–Crippen LogP) is -1.02. The van der Waals surface area contributed by atoms with Crippen LogP contribution in [-0.2, 0) is 9.53 Å². The second kappa shape index (κ2) is 9.02. The number of benzene rings is 1. The topological polar surface area (TPSA) is 155 Å². The van der Waals surface area contributed by atoms with E-state index in [1.54, 1.807) is 0 Å². The van der Waals surface area contributed by atoms with Crippen molar-refractivity contribution in [1.82, 2.24) is 0 Å². The number of carboxylic acid groups (broad SMARTS) is 1. The Kier molecular flexibility index (Phi) is 6.99. The van der Waals surface area contributed by atoms with E-state index in [0.717, 1.165) is 6.08 Å². The third-order valence-electron chi connectivity index (χ3n) is 3.98. The van der Waals surface area contributed by atoms with Crippen molar-refractivity contribution in [1.29, 1.82) is 0 Å². The molecule has 0 saturated carbocycles. The molecule has 1 aliphatic heterocycles. The summed E-state index contributed by atoms with van der Waals surface area (Å²) in [6.45, 7) is -0.599. The van der Waals surface area contributed by atoms with E-state index in [9.17, 15) is 25.2 Å². The van der Waals surface area contributed by atoms with Gasteiger partial charge in [-0.2, -0.15) is 0 Å². The van der Waals surface area contributed by atoms with Crippen molar-refractivity contribution >= 4 is 12.0 Å². The van der Waals surface area contributed by atoms with E-state index in [-0.39, 0.29) is 17.2 Å². The van der Waals surface area contributed by atoms with Crippen molar-refractivity contribution in [3.63, 3.8) is 0 Å². The molecule has 27 heavy (non-hydrogen) atoms. The highest BCUT2D eigenvalue weighted by molar-refractivity contribution is 5.85. The number of ether oxygens (including phenoxy) is 4. The minimum Gasteiger partial charge on any atom is -0.493 e. The molecular weight excluding hydrogens is 364 g/mol. The van der Waals surface area contributed by atoms with Gasteiger partial charge in [-0.25, -0.2) is 4.79 Å². The SMILES string of the molecule is COc1cc(C=CC(=O)O)cc(OC)c1O[C@@H]1O[C@H](CO)[C@@H](O)[C@@H](O)[C@H]1O. The Morgan fingerprint density at radius 1 is 1.11 bits per heavy atom. The highest BCUT2D eigenvalue weighted by Gasteiger charge is 2.45. The summed E-state index contributed by atoms with van der Waals surface area (Å²) in [4.78, 5) is 10.7. The standard InChI is InChI=1S/C17H22O10/c1-24-9-5-8(3-4-12(19)20)6-10(25-2)16(9)27-17-15(23)14(22)13(21)11(7-18)26-17/h3-6,11,13-15,17-18,21-23H,7H2,1-2H3,(H,19,20)/t11-,13-,14-,15-,17+/m1/s1. The second-order valence-electron chi connectivity index (χ2n) is 5.74. The Hall–Kier alpha value is -2.37. The summed E-state index contributed by atoms with van der Waals surface area (Å²) in [5.41, 5.74) is 0.451. The molecule has 1 aromatic rings. The number of carbonyl (C=O) groups is 1. The van der Waals surface area contributed by atoms with E-state index in [1.165, 1.54) is 32.4 Å². The maximum atomic E-state index is 10.7. The normalized spacial score (nSPS) is 28.1. The molecule has 5 N–H and O–H groups in total. The van der Waals surface area contributed by atoms with E-state index in [2.05, 4.69) is 0 Å². The first-order valence-electron chi connectivity index (χ1n) is 7.96. The van der Waals surface area contributed by atoms with Gasteiger partial charge in [-0.1, -0.05) is 0 Å². The van der Waals surface area contributed by atoms with Crippen molar-refractivity contribution < 1.29 is 49.3 Å². The fraction of sp³-hybridized carbons (Fsp3) is 0.471. The number of aliphatic hydroxyl groups is 4. The van der Waals surface area contributed by atoms with Crippen LogP contribution in [0.4, 0.5) is 0 Å². The molecule has 1 fully saturated rings. The highest BCUT2D eigenvalue weighted by atomic mass is 16.7. The Morgan fingerprint density at radius 3 is 2.19 bits per heavy atom. The lowest BCUT2D eigenvalue weighted by Gasteiger charge is -2.39. The smallest absolute Gasteiger partial charge is 0.328 e. The molecule has 1 aromatic carbocycles. The molecule has 1 heterocycles. The minimum atomic E-state index is -1.61. The van der Waals surface area contributed by atoms with E-state index >= 15 is 0 Å². The van der Waals surface area contributed by atoms with Crippen LogP contribution in [0.1, 0.15) is 5.56 Å². The number of aliphatic hydroxyl groups excluding tert-OH is 4. The summed E-state index contributed by atoms with van der Waals surface area (Å²) >= 11 is 0. The average molecular weight is 386 g/mol. The Morgan fingerprint density at radius 2 is 1.70 bits per heavy atom. The van der Waals surface area contributed by atoms with Crippen LogP contribution in [0.3, 0.4) is 0 Å². The molecule has 0 amide bonds. The Balaban J connectivity index is 2.35. The highest BCUT2D eigenvalue weighted by Crippen LogP contribution is 2.40. The number of aliphatic carboxylic acids is 1. The lowest BCUT2D eigenvalue weighted by atomic mass is 9.99. The molecule has 150 valence electrons. The summed E-state index contributed by atoms with van der Waals surface area (Å²) in [6.07, 6.45) is -5.03. The van der Waals surface area contributed by atoms with Crippen LogP contribution in [0, 0.1) is 0 Å². The quantitative estimate of drug-likeness (QED) is 0.368. The molecule has 5 atom stereocenters.